The van der Waals surface area contributed by atoms with Crippen LogP contribution >= 0.6 is 23.2 Å². The number of amides is 1. The number of nitrogens with one attached hydrogen (secondary N) is 1. The van der Waals surface area contributed by atoms with E-state index in [-0.39, 0.29) is 17.9 Å². The molecule has 1 saturated heterocycles. The van der Waals surface area contributed by atoms with Gasteiger partial charge in [-0.05, 0) is 55.2 Å². The van der Waals surface area contributed by atoms with Crippen LogP contribution in [0.4, 0.5) is 5.95 Å². The van der Waals surface area contributed by atoms with Gasteiger partial charge in [-0.1, -0.05) is 35.3 Å². The number of anilines is 1. The molecular weight excluding hydrogens is 471 g/mol. The van der Waals surface area contributed by atoms with E-state index in [0.717, 1.165) is 52.9 Å². The van der Waals surface area contributed by atoms with Gasteiger partial charge in [0.15, 0.2) is 0 Å². The number of hydrogen-bond acceptors (Lipinski definition) is 5. The number of imidazole rings is 1. The first-order valence-corrected chi connectivity index (χ1v) is 12.1. The van der Waals surface area contributed by atoms with Gasteiger partial charge >= 0.3 is 0 Å². The second kappa shape index (κ2) is 9.60. The van der Waals surface area contributed by atoms with Gasteiger partial charge in [0.2, 0.25) is 11.9 Å². The molecule has 174 valence electrons. The van der Waals surface area contributed by atoms with E-state index in [1.807, 2.05) is 47.4 Å². The van der Waals surface area contributed by atoms with Crippen LogP contribution in [0.1, 0.15) is 43.2 Å². The van der Waals surface area contributed by atoms with Gasteiger partial charge in [-0.3, -0.25) is 4.79 Å². The number of nitrogen functional groups attached to an aromatic ring is 1. The van der Waals surface area contributed by atoms with Crippen molar-refractivity contribution in [3.05, 3.63) is 70.2 Å². The maximum atomic E-state index is 13.4. The van der Waals surface area contributed by atoms with Crippen LogP contribution in [0.3, 0.4) is 0 Å². The second-order valence-corrected chi connectivity index (χ2v) is 9.35. The Morgan fingerprint density at radius 3 is 2.71 bits per heavy atom. The molecule has 4 aromatic rings. The minimum absolute atomic E-state index is 0.0717. The Morgan fingerprint density at radius 1 is 1.09 bits per heavy atom. The largest absolute Gasteiger partial charge is 0.368 e. The third-order valence-electron chi connectivity index (χ3n) is 6.20. The first-order chi connectivity index (χ1) is 16.5. The lowest BCUT2D eigenvalue weighted by atomic mass is 9.93. The number of likely N-dealkylation sites (tertiary alicyclic amines) is 1. The normalized spacial score (nSPS) is 16.2. The van der Waals surface area contributed by atoms with Crippen LogP contribution in [-0.2, 0) is 11.2 Å². The molecule has 1 aliphatic heterocycles. The van der Waals surface area contributed by atoms with Crippen molar-refractivity contribution >= 4 is 46.1 Å². The predicted molar refractivity (Wildman–Crippen MR) is 135 cm³/mol. The number of piperidine rings is 1. The van der Waals surface area contributed by atoms with Crippen molar-refractivity contribution in [2.75, 3.05) is 12.3 Å². The zero-order valence-corrected chi connectivity index (χ0v) is 20.0. The monoisotopic (exact) mass is 494 g/mol. The molecule has 0 aliphatic carbocycles. The number of fused-ring (bicyclic) bond motifs is 1. The molecule has 5 rings (SSSR count). The average Bonchev–Trinajstić information content (AvgIpc) is 3.25. The summed E-state index contributed by atoms with van der Waals surface area (Å²) in [4.78, 5) is 32.0. The van der Waals surface area contributed by atoms with Crippen LogP contribution in [0.15, 0.2) is 48.7 Å². The lowest BCUT2D eigenvalue weighted by Crippen LogP contribution is -2.39. The van der Waals surface area contributed by atoms with Gasteiger partial charge in [0, 0.05) is 41.2 Å². The van der Waals surface area contributed by atoms with E-state index in [0.29, 0.717) is 29.4 Å². The van der Waals surface area contributed by atoms with Gasteiger partial charge in [0.05, 0.1) is 22.8 Å². The molecule has 0 bridgehead atoms. The van der Waals surface area contributed by atoms with E-state index in [1.165, 1.54) is 0 Å². The summed E-state index contributed by atoms with van der Waals surface area (Å²) in [5.41, 5.74) is 10.3. The van der Waals surface area contributed by atoms with Crippen LogP contribution in [0.25, 0.3) is 22.2 Å². The first kappa shape index (κ1) is 22.6. The summed E-state index contributed by atoms with van der Waals surface area (Å²) in [5.74, 6) is 1.04. The molecule has 7 nitrogen and oxygen atoms in total. The van der Waals surface area contributed by atoms with E-state index in [9.17, 15) is 4.79 Å². The molecule has 9 heteroatoms. The smallest absolute Gasteiger partial charge is 0.223 e. The predicted octanol–water partition coefficient (Wildman–Crippen LogP) is 5.60. The highest BCUT2D eigenvalue weighted by Crippen LogP contribution is 2.36. The fourth-order valence-corrected chi connectivity index (χ4v) is 4.85. The quantitative estimate of drug-likeness (QED) is 0.376. The van der Waals surface area contributed by atoms with Gasteiger partial charge in [-0.25, -0.2) is 15.0 Å². The molecule has 1 amide bonds. The first-order valence-electron chi connectivity index (χ1n) is 11.3. The van der Waals surface area contributed by atoms with E-state index < -0.39 is 0 Å². The van der Waals surface area contributed by atoms with Crippen molar-refractivity contribution in [2.24, 2.45) is 0 Å². The van der Waals surface area contributed by atoms with Crippen molar-refractivity contribution in [3.8, 4) is 11.1 Å². The van der Waals surface area contributed by atoms with Gasteiger partial charge in [-0.2, -0.15) is 0 Å². The Bertz CT molecular complexity index is 1340. The van der Waals surface area contributed by atoms with Gasteiger partial charge in [0.25, 0.3) is 0 Å². The minimum atomic E-state index is -0.160. The number of aromatic amines is 1. The number of H-pyrrole nitrogens is 1. The number of nitrogens with two attached hydrogens (primary N) is 1. The molecule has 0 spiro atoms. The number of aromatic nitrogens is 4. The van der Waals surface area contributed by atoms with Crippen molar-refractivity contribution in [3.63, 3.8) is 0 Å². The van der Waals surface area contributed by atoms with E-state index >= 15 is 0 Å². The molecule has 1 fully saturated rings. The molecule has 3 heterocycles. The lowest BCUT2D eigenvalue weighted by molar-refractivity contribution is -0.135. The molecule has 2 aromatic carbocycles. The third kappa shape index (κ3) is 4.72. The SMILES string of the molecule is Nc1ncc(-c2ccc(Cl)cc2)c([C@@H]2CCCCN2C(=O)CCc2nc3ccc(Cl)cc3[nH]2)n1. The highest BCUT2D eigenvalue weighted by Gasteiger charge is 2.31. The number of rotatable bonds is 5. The second-order valence-electron chi connectivity index (χ2n) is 8.48. The summed E-state index contributed by atoms with van der Waals surface area (Å²) in [5, 5.41) is 1.31. The molecule has 0 saturated carbocycles. The summed E-state index contributed by atoms with van der Waals surface area (Å²) >= 11 is 12.2. The number of carbonyl (C=O) groups excluding carboxylic acids is 1. The topological polar surface area (TPSA) is 101 Å². The molecule has 0 radical (unpaired) electrons. The zero-order valence-electron chi connectivity index (χ0n) is 18.5. The van der Waals surface area contributed by atoms with E-state index in [4.69, 9.17) is 28.9 Å². The Balaban J connectivity index is 1.39. The van der Waals surface area contributed by atoms with Crippen molar-refractivity contribution in [1.29, 1.82) is 0 Å². The summed E-state index contributed by atoms with van der Waals surface area (Å²) in [6.45, 7) is 0.684. The molecule has 1 atom stereocenters. The van der Waals surface area contributed by atoms with Crippen LogP contribution < -0.4 is 5.73 Å². The van der Waals surface area contributed by atoms with Crippen LogP contribution in [0.2, 0.25) is 10.0 Å². The number of benzene rings is 2. The van der Waals surface area contributed by atoms with Crippen LogP contribution in [0.5, 0.6) is 0 Å². The summed E-state index contributed by atoms with van der Waals surface area (Å²) < 4.78 is 0. The van der Waals surface area contributed by atoms with E-state index in [1.54, 1.807) is 6.20 Å². The van der Waals surface area contributed by atoms with E-state index in [2.05, 4.69) is 19.9 Å². The Kier molecular flexibility index (Phi) is 6.39. The standard InChI is InChI=1S/C25H24Cl2N6O/c26-16-6-4-15(5-7-16)18-14-29-25(28)32-24(18)21-3-1-2-12-33(21)23(34)11-10-22-30-19-9-8-17(27)13-20(19)31-22/h4-9,13-14,21H,1-3,10-12H2,(H,30,31)(H2,28,29,32)/t21-/m0/s1. The average molecular weight is 495 g/mol. The fraction of sp³-hybridized carbons (Fsp3) is 0.280. The fourth-order valence-electron chi connectivity index (χ4n) is 4.55. The third-order valence-corrected chi connectivity index (χ3v) is 6.69. The van der Waals surface area contributed by atoms with Gasteiger partial charge in [0.1, 0.15) is 5.82 Å². The van der Waals surface area contributed by atoms with Crippen LogP contribution in [0, 0.1) is 0 Å². The molecule has 1 aliphatic rings. The Labute approximate surface area is 207 Å². The minimum Gasteiger partial charge on any atom is -0.368 e. The zero-order chi connectivity index (χ0) is 23.7. The highest BCUT2D eigenvalue weighted by atomic mass is 35.5. The number of nitrogens with zero attached hydrogens (tertiary/aromatic N) is 4. The van der Waals surface area contributed by atoms with Crippen molar-refractivity contribution in [1.82, 2.24) is 24.8 Å². The molecule has 0 unspecified atom stereocenters. The number of carbonyl (C=O) groups is 1. The van der Waals surface area contributed by atoms with Gasteiger partial charge in [-0.15, -0.1) is 0 Å². The lowest BCUT2D eigenvalue weighted by Gasteiger charge is -2.36. The molecular formula is C25H24Cl2N6O. The van der Waals surface area contributed by atoms with Gasteiger partial charge < -0.3 is 15.6 Å². The molecule has 3 N–H and O–H groups in total. The molecule has 2 aromatic heterocycles. The Morgan fingerprint density at radius 2 is 1.88 bits per heavy atom. The number of halogens is 2. The maximum Gasteiger partial charge on any atom is 0.223 e. The van der Waals surface area contributed by atoms with Crippen LogP contribution in [-0.4, -0.2) is 37.3 Å². The summed E-state index contributed by atoms with van der Waals surface area (Å²) in [6, 6.07) is 12.9. The number of hydrogen-bond donors (Lipinski definition) is 2. The maximum absolute atomic E-state index is 13.4. The Hall–Kier alpha value is -3.16. The highest BCUT2D eigenvalue weighted by molar-refractivity contribution is 6.31. The summed E-state index contributed by atoms with van der Waals surface area (Å²) in [6.07, 6.45) is 5.40. The number of aryl methyl sites for hydroxylation is 1. The summed E-state index contributed by atoms with van der Waals surface area (Å²) in [7, 11) is 0. The van der Waals surface area contributed by atoms with Crippen molar-refractivity contribution in [2.45, 2.75) is 38.1 Å². The van der Waals surface area contributed by atoms with Crippen molar-refractivity contribution < 1.29 is 4.79 Å². The molecule has 34 heavy (non-hydrogen) atoms.